The van der Waals surface area contributed by atoms with Crippen LogP contribution in [0.3, 0.4) is 0 Å². The van der Waals surface area contributed by atoms with E-state index in [-0.39, 0.29) is 11.3 Å². The van der Waals surface area contributed by atoms with E-state index in [1.807, 2.05) is 24.3 Å². The molecule has 5 heteroatoms. The number of hydrogen-bond donors (Lipinski definition) is 2. The SMILES string of the molecule is O=C(NN=Cc1cccnc1)c1ccc2ccccc2c1O. The van der Waals surface area contributed by atoms with Crippen LogP contribution in [0.2, 0.25) is 0 Å². The number of carbonyl (C=O) groups excluding carboxylic acids is 1. The Bertz CT molecular complexity index is 845. The van der Waals surface area contributed by atoms with E-state index in [2.05, 4.69) is 15.5 Å². The number of fused-ring (bicyclic) bond motifs is 1. The lowest BCUT2D eigenvalue weighted by Crippen LogP contribution is -2.17. The maximum absolute atomic E-state index is 12.1. The Balaban J connectivity index is 1.81. The number of benzene rings is 2. The summed E-state index contributed by atoms with van der Waals surface area (Å²) in [6.45, 7) is 0. The van der Waals surface area contributed by atoms with E-state index < -0.39 is 5.91 Å². The first-order chi connectivity index (χ1) is 10.8. The van der Waals surface area contributed by atoms with E-state index in [9.17, 15) is 9.90 Å². The van der Waals surface area contributed by atoms with Gasteiger partial charge in [-0.2, -0.15) is 5.10 Å². The molecule has 0 saturated heterocycles. The first kappa shape index (κ1) is 13.8. The van der Waals surface area contributed by atoms with E-state index in [1.165, 1.54) is 6.21 Å². The molecule has 3 rings (SSSR count). The number of carbonyl (C=O) groups is 1. The molecule has 0 saturated carbocycles. The molecule has 0 spiro atoms. The molecular weight excluding hydrogens is 278 g/mol. The van der Waals surface area contributed by atoms with E-state index >= 15 is 0 Å². The van der Waals surface area contributed by atoms with Crippen LogP contribution < -0.4 is 5.43 Å². The van der Waals surface area contributed by atoms with Gasteiger partial charge in [0.15, 0.2) is 0 Å². The second kappa shape index (κ2) is 6.05. The normalized spacial score (nSPS) is 10.9. The fourth-order valence-electron chi connectivity index (χ4n) is 2.12. The van der Waals surface area contributed by atoms with E-state index in [0.717, 1.165) is 10.9 Å². The number of phenolic OH excluding ortho intramolecular Hbond substituents is 1. The third-order valence-electron chi connectivity index (χ3n) is 3.21. The maximum atomic E-state index is 12.1. The van der Waals surface area contributed by atoms with Gasteiger partial charge >= 0.3 is 0 Å². The van der Waals surface area contributed by atoms with Gasteiger partial charge in [0.1, 0.15) is 5.75 Å². The number of nitrogens with one attached hydrogen (secondary N) is 1. The molecule has 1 amide bonds. The highest BCUT2D eigenvalue weighted by Gasteiger charge is 2.12. The van der Waals surface area contributed by atoms with Crippen LogP contribution in [-0.4, -0.2) is 22.2 Å². The van der Waals surface area contributed by atoms with Crippen LogP contribution in [0.5, 0.6) is 5.75 Å². The van der Waals surface area contributed by atoms with Gasteiger partial charge in [-0.1, -0.05) is 36.4 Å². The van der Waals surface area contributed by atoms with Crippen molar-refractivity contribution in [1.82, 2.24) is 10.4 Å². The van der Waals surface area contributed by atoms with Gasteiger partial charge in [0, 0.05) is 23.3 Å². The van der Waals surface area contributed by atoms with Crippen molar-refractivity contribution >= 4 is 22.9 Å². The van der Waals surface area contributed by atoms with Crippen LogP contribution in [-0.2, 0) is 0 Å². The molecule has 0 bridgehead atoms. The van der Waals surface area contributed by atoms with Crippen molar-refractivity contribution in [1.29, 1.82) is 0 Å². The van der Waals surface area contributed by atoms with E-state index in [0.29, 0.717) is 5.39 Å². The highest BCUT2D eigenvalue weighted by atomic mass is 16.3. The molecule has 5 nitrogen and oxygen atoms in total. The van der Waals surface area contributed by atoms with Crippen LogP contribution in [0.25, 0.3) is 10.8 Å². The number of pyridine rings is 1. The molecule has 2 aromatic carbocycles. The predicted octanol–water partition coefficient (Wildman–Crippen LogP) is 2.70. The van der Waals surface area contributed by atoms with E-state index in [4.69, 9.17) is 0 Å². The van der Waals surface area contributed by atoms with Crippen molar-refractivity contribution in [2.45, 2.75) is 0 Å². The molecule has 0 unspecified atom stereocenters. The Kier molecular flexibility index (Phi) is 3.78. The van der Waals surface area contributed by atoms with Gasteiger partial charge in [-0.15, -0.1) is 0 Å². The quantitative estimate of drug-likeness (QED) is 0.575. The molecule has 108 valence electrons. The molecule has 3 aromatic rings. The first-order valence-electron chi connectivity index (χ1n) is 6.70. The average molecular weight is 291 g/mol. The maximum Gasteiger partial charge on any atom is 0.275 e. The second-order valence-electron chi connectivity index (χ2n) is 4.67. The minimum Gasteiger partial charge on any atom is -0.506 e. The van der Waals surface area contributed by atoms with Crippen molar-refractivity contribution in [3.8, 4) is 5.75 Å². The van der Waals surface area contributed by atoms with Gasteiger partial charge in [-0.25, -0.2) is 5.43 Å². The molecule has 2 N–H and O–H groups in total. The largest absolute Gasteiger partial charge is 0.506 e. The number of rotatable bonds is 3. The fourth-order valence-corrected chi connectivity index (χ4v) is 2.12. The highest BCUT2D eigenvalue weighted by molar-refractivity contribution is 6.03. The molecule has 0 fully saturated rings. The summed E-state index contributed by atoms with van der Waals surface area (Å²) in [4.78, 5) is 16.0. The lowest BCUT2D eigenvalue weighted by molar-refractivity contribution is 0.0952. The standard InChI is InChI=1S/C17H13N3O2/c21-16-14-6-2-1-5-13(14)7-8-15(16)17(22)20-19-11-12-4-3-9-18-10-12/h1-11,21H,(H,20,22). The zero-order valence-electron chi connectivity index (χ0n) is 11.6. The van der Waals surface area contributed by atoms with Crippen molar-refractivity contribution in [2.24, 2.45) is 5.10 Å². The third kappa shape index (κ3) is 2.78. The fraction of sp³-hybridized carbons (Fsp3) is 0. The molecular formula is C17H13N3O2. The Morgan fingerprint density at radius 2 is 2.00 bits per heavy atom. The lowest BCUT2D eigenvalue weighted by atomic mass is 10.1. The summed E-state index contributed by atoms with van der Waals surface area (Å²) in [5.74, 6) is -0.518. The average Bonchev–Trinajstić information content (AvgIpc) is 2.56. The smallest absolute Gasteiger partial charge is 0.275 e. The minimum absolute atomic E-state index is 0.0489. The summed E-state index contributed by atoms with van der Waals surface area (Å²) in [6, 6.07) is 14.3. The van der Waals surface area contributed by atoms with Crippen LogP contribution >= 0.6 is 0 Å². The van der Waals surface area contributed by atoms with Crippen molar-refractivity contribution in [2.75, 3.05) is 0 Å². The highest BCUT2D eigenvalue weighted by Crippen LogP contribution is 2.28. The van der Waals surface area contributed by atoms with Gasteiger partial charge in [-0.05, 0) is 17.5 Å². The number of nitrogens with zero attached hydrogens (tertiary/aromatic N) is 2. The summed E-state index contributed by atoms with van der Waals surface area (Å²) in [5.41, 5.74) is 3.35. The number of hydrogen-bond acceptors (Lipinski definition) is 4. The number of amides is 1. The Labute approximate surface area is 126 Å². The monoisotopic (exact) mass is 291 g/mol. The van der Waals surface area contributed by atoms with Crippen molar-refractivity contribution in [3.05, 3.63) is 72.1 Å². The number of aromatic hydroxyl groups is 1. The van der Waals surface area contributed by atoms with Crippen LogP contribution in [0.15, 0.2) is 66.0 Å². The first-order valence-corrected chi connectivity index (χ1v) is 6.70. The molecule has 0 radical (unpaired) electrons. The third-order valence-corrected chi connectivity index (χ3v) is 3.21. The van der Waals surface area contributed by atoms with Gasteiger partial charge in [0.25, 0.3) is 5.91 Å². The van der Waals surface area contributed by atoms with Gasteiger partial charge in [-0.3, -0.25) is 9.78 Å². The van der Waals surface area contributed by atoms with Gasteiger partial charge in [0.2, 0.25) is 0 Å². The van der Waals surface area contributed by atoms with Crippen LogP contribution in [0.1, 0.15) is 15.9 Å². The number of phenols is 1. The second-order valence-corrected chi connectivity index (χ2v) is 4.67. The van der Waals surface area contributed by atoms with E-state index in [1.54, 1.807) is 36.7 Å². The Morgan fingerprint density at radius 3 is 2.82 bits per heavy atom. The Morgan fingerprint density at radius 1 is 1.14 bits per heavy atom. The molecule has 1 aromatic heterocycles. The summed E-state index contributed by atoms with van der Waals surface area (Å²) in [5, 5.41) is 15.6. The number of hydrazone groups is 1. The zero-order chi connectivity index (χ0) is 15.4. The van der Waals surface area contributed by atoms with Gasteiger partial charge in [0.05, 0.1) is 11.8 Å². The lowest BCUT2D eigenvalue weighted by Gasteiger charge is -2.06. The molecule has 22 heavy (non-hydrogen) atoms. The molecule has 1 heterocycles. The topological polar surface area (TPSA) is 74.6 Å². The summed E-state index contributed by atoms with van der Waals surface area (Å²) in [7, 11) is 0. The molecule has 0 aliphatic heterocycles. The summed E-state index contributed by atoms with van der Waals surface area (Å²) < 4.78 is 0. The van der Waals surface area contributed by atoms with Crippen molar-refractivity contribution in [3.63, 3.8) is 0 Å². The summed E-state index contributed by atoms with van der Waals surface area (Å²) in [6.07, 6.45) is 4.77. The minimum atomic E-state index is -0.469. The molecule has 0 aliphatic carbocycles. The molecule has 0 atom stereocenters. The van der Waals surface area contributed by atoms with Crippen molar-refractivity contribution < 1.29 is 9.90 Å². The summed E-state index contributed by atoms with van der Waals surface area (Å²) >= 11 is 0. The zero-order valence-corrected chi connectivity index (χ0v) is 11.6. The Hall–Kier alpha value is -3.21. The number of aromatic nitrogens is 1. The van der Waals surface area contributed by atoms with Crippen LogP contribution in [0.4, 0.5) is 0 Å². The molecule has 0 aliphatic rings. The van der Waals surface area contributed by atoms with Gasteiger partial charge < -0.3 is 5.11 Å². The predicted molar refractivity (Wildman–Crippen MR) is 84.9 cm³/mol. The van der Waals surface area contributed by atoms with Crippen LogP contribution in [0, 0.1) is 0 Å².